The van der Waals surface area contributed by atoms with E-state index in [1.165, 1.54) is 25.7 Å². The quantitative estimate of drug-likeness (QED) is 0.707. The van der Waals surface area contributed by atoms with Crippen molar-refractivity contribution in [2.45, 2.75) is 51.9 Å². The van der Waals surface area contributed by atoms with Crippen molar-refractivity contribution in [2.24, 2.45) is 11.8 Å². The molecule has 3 nitrogen and oxygen atoms in total. The fourth-order valence-corrected chi connectivity index (χ4v) is 2.28. The van der Waals surface area contributed by atoms with Gasteiger partial charge in [-0.3, -0.25) is 4.79 Å². The van der Waals surface area contributed by atoms with E-state index in [2.05, 4.69) is 12.2 Å². The van der Waals surface area contributed by atoms with Crippen molar-refractivity contribution in [2.75, 3.05) is 13.2 Å². The van der Waals surface area contributed by atoms with Crippen LogP contribution >= 0.6 is 0 Å². The molecule has 2 N–H and O–H groups in total. The summed E-state index contributed by atoms with van der Waals surface area (Å²) in [4.78, 5) is 11.9. The Labute approximate surface area is 98.6 Å². The van der Waals surface area contributed by atoms with E-state index in [1.54, 1.807) is 0 Å². The molecule has 0 aromatic rings. The number of aliphatic hydroxyl groups excluding tert-OH is 1. The zero-order valence-corrected chi connectivity index (χ0v) is 10.4. The van der Waals surface area contributed by atoms with E-state index in [0.717, 1.165) is 19.3 Å². The molecule has 1 amide bonds. The van der Waals surface area contributed by atoms with Gasteiger partial charge < -0.3 is 10.4 Å². The first-order valence-electron chi connectivity index (χ1n) is 6.62. The lowest BCUT2D eigenvalue weighted by molar-refractivity contribution is -0.125. The van der Waals surface area contributed by atoms with Gasteiger partial charge in [0.05, 0.1) is 0 Å². The molecule has 1 rings (SSSR count). The van der Waals surface area contributed by atoms with E-state index in [0.29, 0.717) is 12.5 Å². The summed E-state index contributed by atoms with van der Waals surface area (Å²) in [6.45, 7) is 2.97. The van der Waals surface area contributed by atoms with Gasteiger partial charge in [0.25, 0.3) is 0 Å². The summed E-state index contributed by atoms with van der Waals surface area (Å²) in [5.41, 5.74) is 0. The molecule has 0 saturated heterocycles. The van der Waals surface area contributed by atoms with Crippen molar-refractivity contribution < 1.29 is 9.90 Å². The zero-order chi connectivity index (χ0) is 11.8. The van der Waals surface area contributed by atoms with Gasteiger partial charge in [-0.15, -0.1) is 0 Å². The van der Waals surface area contributed by atoms with Crippen molar-refractivity contribution in [3.8, 4) is 0 Å². The third kappa shape index (κ3) is 4.97. The van der Waals surface area contributed by atoms with Crippen molar-refractivity contribution in [1.29, 1.82) is 0 Å². The summed E-state index contributed by atoms with van der Waals surface area (Å²) in [7, 11) is 0. The van der Waals surface area contributed by atoms with Gasteiger partial charge in [0.15, 0.2) is 0 Å². The smallest absolute Gasteiger partial charge is 0.223 e. The summed E-state index contributed by atoms with van der Waals surface area (Å²) < 4.78 is 0. The molecule has 0 heterocycles. The fourth-order valence-electron chi connectivity index (χ4n) is 2.28. The average Bonchev–Trinajstić information content (AvgIpc) is 2.55. The van der Waals surface area contributed by atoms with Crippen LogP contribution in [0.3, 0.4) is 0 Å². The molecular formula is C13H25NO2. The Hall–Kier alpha value is -0.570. The van der Waals surface area contributed by atoms with Crippen LogP contribution in [0.4, 0.5) is 0 Å². The molecule has 3 heteroatoms. The SMILES string of the molecule is CC(CCO)CNC(=O)C1CCCCCC1. The maximum Gasteiger partial charge on any atom is 0.223 e. The van der Waals surface area contributed by atoms with Gasteiger partial charge in [-0.1, -0.05) is 32.6 Å². The minimum atomic E-state index is 0.209. The predicted octanol–water partition coefficient (Wildman–Crippen LogP) is 2.09. The highest BCUT2D eigenvalue weighted by Crippen LogP contribution is 2.22. The largest absolute Gasteiger partial charge is 0.396 e. The lowest BCUT2D eigenvalue weighted by Gasteiger charge is -2.16. The van der Waals surface area contributed by atoms with Gasteiger partial charge in [0.1, 0.15) is 0 Å². The molecule has 0 spiro atoms. The van der Waals surface area contributed by atoms with Crippen LogP contribution in [0.1, 0.15) is 51.9 Å². The molecule has 0 aromatic heterocycles. The number of carbonyl (C=O) groups is 1. The summed E-state index contributed by atoms with van der Waals surface area (Å²) in [6, 6.07) is 0. The maximum absolute atomic E-state index is 11.9. The van der Waals surface area contributed by atoms with Crippen LogP contribution in [0, 0.1) is 11.8 Å². The molecule has 1 aliphatic carbocycles. The number of hydrogen-bond acceptors (Lipinski definition) is 2. The normalized spacial score (nSPS) is 20.1. The lowest BCUT2D eigenvalue weighted by Crippen LogP contribution is -2.33. The van der Waals surface area contributed by atoms with Crippen LogP contribution in [0.2, 0.25) is 0 Å². The van der Waals surface area contributed by atoms with Crippen molar-refractivity contribution in [3.05, 3.63) is 0 Å². The fraction of sp³-hybridized carbons (Fsp3) is 0.923. The Morgan fingerprint density at radius 1 is 1.31 bits per heavy atom. The van der Waals surface area contributed by atoms with Crippen molar-refractivity contribution in [3.63, 3.8) is 0 Å². The number of rotatable bonds is 5. The Morgan fingerprint density at radius 2 is 1.94 bits per heavy atom. The second kappa shape index (κ2) is 7.66. The first kappa shape index (κ1) is 13.5. The van der Waals surface area contributed by atoms with E-state index in [-0.39, 0.29) is 18.4 Å². The molecule has 1 fully saturated rings. The van der Waals surface area contributed by atoms with Gasteiger partial charge in [0, 0.05) is 19.1 Å². The summed E-state index contributed by atoms with van der Waals surface area (Å²) in [5, 5.41) is 11.8. The Kier molecular flexibility index (Phi) is 6.46. The molecule has 0 aliphatic heterocycles. The van der Waals surface area contributed by atoms with E-state index in [1.807, 2.05) is 0 Å². The van der Waals surface area contributed by atoms with E-state index in [9.17, 15) is 4.79 Å². The number of amides is 1. The molecule has 1 atom stereocenters. The second-order valence-corrected chi connectivity index (χ2v) is 5.05. The highest BCUT2D eigenvalue weighted by molar-refractivity contribution is 5.78. The molecule has 0 aromatic carbocycles. The first-order chi connectivity index (χ1) is 7.74. The number of carbonyl (C=O) groups excluding carboxylic acids is 1. The van der Waals surface area contributed by atoms with Crippen LogP contribution in [-0.2, 0) is 4.79 Å². The summed E-state index contributed by atoms with van der Waals surface area (Å²) in [6.07, 6.45) is 7.84. The van der Waals surface area contributed by atoms with E-state index in [4.69, 9.17) is 5.11 Å². The van der Waals surface area contributed by atoms with Crippen LogP contribution in [0.25, 0.3) is 0 Å². The van der Waals surface area contributed by atoms with Crippen LogP contribution < -0.4 is 5.32 Å². The van der Waals surface area contributed by atoms with Gasteiger partial charge in [0.2, 0.25) is 5.91 Å². The van der Waals surface area contributed by atoms with Crippen molar-refractivity contribution in [1.82, 2.24) is 5.32 Å². The molecule has 0 bridgehead atoms. The third-order valence-corrected chi connectivity index (χ3v) is 3.47. The summed E-state index contributed by atoms with van der Waals surface area (Å²) >= 11 is 0. The molecule has 0 radical (unpaired) electrons. The standard InChI is InChI=1S/C13H25NO2/c1-11(8-9-15)10-14-13(16)12-6-4-2-3-5-7-12/h11-12,15H,2-10H2,1H3,(H,14,16). The molecule has 1 unspecified atom stereocenters. The van der Waals surface area contributed by atoms with Crippen LogP contribution in [0.5, 0.6) is 0 Å². The predicted molar refractivity (Wildman–Crippen MR) is 65.1 cm³/mol. The van der Waals surface area contributed by atoms with Crippen molar-refractivity contribution >= 4 is 5.91 Å². The maximum atomic E-state index is 11.9. The minimum Gasteiger partial charge on any atom is -0.396 e. The van der Waals surface area contributed by atoms with Gasteiger partial charge in [-0.2, -0.15) is 0 Å². The lowest BCUT2D eigenvalue weighted by atomic mass is 9.99. The monoisotopic (exact) mass is 227 g/mol. The van der Waals surface area contributed by atoms with E-state index >= 15 is 0 Å². The number of aliphatic hydroxyl groups is 1. The summed E-state index contributed by atoms with van der Waals surface area (Å²) in [5.74, 6) is 0.843. The molecule has 1 saturated carbocycles. The highest BCUT2D eigenvalue weighted by Gasteiger charge is 2.19. The minimum absolute atomic E-state index is 0.209. The first-order valence-corrected chi connectivity index (χ1v) is 6.62. The molecular weight excluding hydrogens is 202 g/mol. The second-order valence-electron chi connectivity index (χ2n) is 5.05. The molecule has 16 heavy (non-hydrogen) atoms. The Morgan fingerprint density at radius 3 is 2.50 bits per heavy atom. The van der Waals surface area contributed by atoms with Crippen LogP contribution in [0.15, 0.2) is 0 Å². The number of nitrogens with one attached hydrogen (secondary N) is 1. The Balaban J connectivity index is 2.22. The Bertz CT molecular complexity index is 198. The molecule has 94 valence electrons. The zero-order valence-electron chi connectivity index (χ0n) is 10.4. The van der Waals surface area contributed by atoms with Gasteiger partial charge in [-0.25, -0.2) is 0 Å². The van der Waals surface area contributed by atoms with Crippen LogP contribution in [-0.4, -0.2) is 24.2 Å². The third-order valence-electron chi connectivity index (χ3n) is 3.47. The average molecular weight is 227 g/mol. The van der Waals surface area contributed by atoms with E-state index < -0.39 is 0 Å². The van der Waals surface area contributed by atoms with Gasteiger partial charge >= 0.3 is 0 Å². The molecule has 1 aliphatic rings. The van der Waals surface area contributed by atoms with Gasteiger partial charge in [-0.05, 0) is 25.2 Å². The number of hydrogen-bond donors (Lipinski definition) is 2. The topological polar surface area (TPSA) is 49.3 Å². The highest BCUT2D eigenvalue weighted by atomic mass is 16.3.